The first-order valence-corrected chi connectivity index (χ1v) is 23.1. The Kier molecular flexibility index (Phi) is 36.7. The predicted octanol–water partition coefficient (Wildman–Crippen LogP) is 12.7. The Morgan fingerprint density at radius 2 is 0.900 bits per heavy atom. The van der Waals surface area contributed by atoms with Crippen LogP contribution in [0.5, 0.6) is 0 Å². The van der Waals surface area contributed by atoms with Crippen LogP contribution < -0.4 is 5.32 Å². The molecule has 0 aliphatic heterocycles. The van der Waals surface area contributed by atoms with Crippen molar-refractivity contribution < 1.29 is 22.9 Å². The quantitative estimate of drug-likeness (QED) is 0.0332. The Morgan fingerprint density at radius 1 is 0.540 bits per heavy atom. The average molecular weight is 726 g/mol. The van der Waals surface area contributed by atoms with Gasteiger partial charge in [-0.15, -0.1) is 0 Å². The van der Waals surface area contributed by atoms with Crippen molar-refractivity contribution >= 4 is 16.0 Å². The largest absolute Gasteiger partial charge is 0.391 e. The molecule has 0 radical (unpaired) electrons. The van der Waals surface area contributed by atoms with E-state index in [0.717, 1.165) is 57.8 Å². The molecule has 50 heavy (non-hydrogen) atoms. The zero-order valence-electron chi connectivity index (χ0n) is 33.0. The van der Waals surface area contributed by atoms with E-state index < -0.39 is 28.0 Å². The molecule has 7 heteroatoms. The maximum Gasteiger partial charge on any atom is 0.266 e. The van der Waals surface area contributed by atoms with Crippen LogP contribution in [0.15, 0.2) is 24.3 Å². The SMILES string of the molecule is CCCCCC/C=C\C/C=C\CCCCCCCCCC(=O)NC(CS(=O)(=O)O)C(O)CCCCCCCCCCCCCCCCCCC. The highest BCUT2D eigenvalue weighted by atomic mass is 32.2. The van der Waals surface area contributed by atoms with Crippen LogP contribution >= 0.6 is 0 Å². The molecular weight excluding hydrogens is 643 g/mol. The fraction of sp³-hybridized carbons (Fsp3) is 0.884. The number of carbonyl (C=O) groups excluding carboxylic acids is 1. The minimum absolute atomic E-state index is 0.252. The number of rotatable bonds is 39. The number of nitrogens with one attached hydrogen (secondary N) is 1. The highest BCUT2D eigenvalue weighted by Gasteiger charge is 2.26. The monoisotopic (exact) mass is 726 g/mol. The number of hydrogen-bond donors (Lipinski definition) is 3. The van der Waals surface area contributed by atoms with Gasteiger partial charge >= 0.3 is 0 Å². The third-order valence-electron chi connectivity index (χ3n) is 9.91. The standard InChI is InChI=1S/C43H83NO5S/c1-3-5-7-9-11-13-15-17-19-21-23-25-27-29-31-33-35-37-39-43(46)44-41(40-50(47,48)49)42(45)38-36-34-32-30-28-26-24-22-20-18-16-14-12-10-8-6-4-2/h13,15,19,21,41-42,45H,3-12,14,16-18,20,22-40H2,1-2H3,(H,44,46)(H,47,48,49)/b15-13-,21-19-. The molecule has 2 atom stereocenters. The molecular formula is C43H83NO5S. The number of unbranched alkanes of at least 4 members (excludes halogenated alkanes) is 27. The smallest absolute Gasteiger partial charge is 0.266 e. The van der Waals surface area contributed by atoms with Crippen LogP contribution in [-0.4, -0.2) is 41.9 Å². The molecule has 0 heterocycles. The second-order valence-electron chi connectivity index (χ2n) is 15.0. The second-order valence-corrected chi connectivity index (χ2v) is 16.5. The molecule has 0 fully saturated rings. The van der Waals surface area contributed by atoms with E-state index in [1.807, 2.05) is 0 Å². The summed E-state index contributed by atoms with van der Waals surface area (Å²) in [6.45, 7) is 4.52. The fourth-order valence-corrected chi connectivity index (χ4v) is 7.42. The van der Waals surface area contributed by atoms with Crippen LogP contribution in [0, 0.1) is 0 Å². The van der Waals surface area contributed by atoms with Crippen molar-refractivity contribution in [3.63, 3.8) is 0 Å². The highest BCUT2D eigenvalue weighted by molar-refractivity contribution is 7.85. The third kappa shape index (κ3) is 38.1. The van der Waals surface area contributed by atoms with Gasteiger partial charge in [0.05, 0.1) is 17.9 Å². The first-order valence-electron chi connectivity index (χ1n) is 21.5. The van der Waals surface area contributed by atoms with Gasteiger partial charge in [-0.25, -0.2) is 0 Å². The van der Waals surface area contributed by atoms with Crippen LogP contribution in [0.2, 0.25) is 0 Å². The molecule has 2 unspecified atom stereocenters. The van der Waals surface area contributed by atoms with Gasteiger partial charge in [-0.05, 0) is 44.9 Å². The summed E-state index contributed by atoms with van der Waals surface area (Å²) in [6, 6.07) is -0.973. The second kappa shape index (κ2) is 37.6. The van der Waals surface area contributed by atoms with E-state index in [4.69, 9.17) is 0 Å². The summed E-state index contributed by atoms with van der Waals surface area (Å²) in [7, 11) is -4.31. The fourth-order valence-electron chi connectivity index (χ4n) is 6.66. The Hall–Kier alpha value is -1.18. The van der Waals surface area contributed by atoms with Crippen molar-refractivity contribution in [1.29, 1.82) is 0 Å². The number of aliphatic hydroxyl groups is 1. The van der Waals surface area contributed by atoms with Crippen LogP contribution in [-0.2, 0) is 14.9 Å². The van der Waals surface area contributed by atoms with Gasteiger partial charge in [0.1, 0.15) is 0 Å². The Bertz CT molecular complexity index is 888. The molecule has 0 aromatic rings. The van der Waals surface area contributed by atoms with Crippen molar-refractivity contribution in [2.24, 2.45) is 0 Å². The zero-order valence-corrected chi connectivity index (χ0v) is 33.8. The van der Waals surface area contributed by atoms with E-state index in [0.29, 0.717) is 12.8 Å². The lowest BCUT2D eigenvalue weighted by Crippen LogP contribution is -2.47. The summed E-state index contributed by atoms with van der Waals surface area (Å²) in [6.07, 6.45) is 46.9. The number of amides is 1. The number of allylic oxidation sites excluding steroid dienone is 4. The predicted molar refractivity (Wildman–Crippen MR) is 216 cm³/mol. The van der Waals surface area contributed by atoms with Crippen molar-refractivity contribution in [3.05, 3.63) is 24.3 Å². The molecule has 0 aromatic carbocycles. The van der Waals surface area contributed by atoms with E-state index >= 15 is 0 Å². The van der Waals surface area contributed by atoms with Crippen LogP contribution in [0.3, 0.4) is 0 Å². The maximum absolute atomic E-state index is 12.5. The Morgan fingerprint density at radius 3 is 1.32 bits per heavy atom. The molecule has 0 aromatic heterocycles. The summed E-state index contributed by atoms with van der Waals surface area (Å²) in [4.78, 5) is 12.5. The average Bonchev–Trinajstić information content (AvgIpc) is 3.08. The molecule has 0 spiro atoms. The molecule has 0 rings (SSSR count). The molecule has 1 amide bonds. The van der Waals surface area contributed by atoms with Crippen molar-refractivity contribution in [1.82, 2.24) is 5.32 Å². The van der Waals surface area contributed by atoms with Crippen LogP contribution in [0.25, 0.3) is 0 Å². The molecule has 0 bridgehead atoms. The van der Waals surface area contributed by atoms with Gasteiger partial charge in [-0.1, -0.05) is 199 Å². The molecule has 0 saturated carbocycles. The first kappa shape index (κ1) is 48.8. The minimum Gasteiger partial charge on any atom is -0.391 e. The summed E-state index contributed by atoms with van der Waals surface area (Å²) >= 11 is 0. The number of aliphatic hydroxyl groups excluding tert-OH is 1. The third-order valence-corrected chi connectivity index (χ3v) is 10.7. The van der Waals surface area contributed by atoms with Gasteiger partial charge in [0.2, 0.25) is 5.91 Å². The lowest BCUT2D eigenvalue weighted by molar-refractivity contribution is -0.122. The zero-order chi connectivity index (χ0) is 36.8. The van der Waals surface area contributed by atoms with Gasteiger partial charge in [0.25, 0.3) is 10.1 Å². The molecule has 6 nitrogen and oxygen atoms in total. The van der Waals surface area contributed by atoms with Gasteiger partial charge in [0.15, 0.2) is 0 Å². The van der Waals surface area contributed by atoms with Crippen molar-refractivity contribution in [2.75, 3.05) is 5.75 Å². The summed E-state index contributed by atoms with van der Waals surface area (Å²) < 4.78 is 32.6. The van der Waals surface area contributed by atoms with E-state index in [2.05, 4.69) is 43.5 Å². The minimum atomic E-state index is -4.31. The molecule has 296 valence electrons. The summed E-state index contributed by atoms with van der Waals surface area (Å²) in [5, 5.41) is 13.4. The molecule has 0 aliphatic carbocycles. The van der Waals surface area contributed by atoms with E-state index in [-0.39, 0.29) is 5.91 Å². The lowest BCUT2D eigenvalue weighted by atomic mass is 10.0. The normalized spacial score (nSPS) is 13.4. The van der Waals surface area contributed by atoms with Gasteiger partial charge in [0, 0.05) is 6.42 Å². The topological polar surface area (TPSA) is 104 Å². The Labute approximate surface area is 311 Å². The van der Waals surface area contributed by atoms with Gasteiger partial charge in [-0.3, -0.25) is 9.35 Å². The number of hydrogen-bond acceptors (Lipinski definition) is 4. The maximum atomic E-state index is 12.5. The lowest BCUT2D eigenvalue weighted by Gasteiger charge is -2.23. The van der Waals surface area contributed by atoms with E-state index in [1.54, 1.807) is 0 Å². The van der Waals surface area contributed by atoms with Crippen molar-refractivity contribution in [3.8, 4) is 0 Å². The van der Waals surface area contributed by atoms with Gasteiger partial charge in [-0.2, -0.15) is 8.42 Å². The van der Waals surface area contributed by atoms with Crippen LogP contribution in [0.4, 0.5) is 0 Å². The summed E-state index contributed by atoms with van der Waals surface area (Å²) in [5.41, 5.74) is 0. The first-order chi connectivity index (χ1) is 24.3. The van der Waals surface area contributed by atoms with E-state index in [9.17, 15) is 22.9 Å². The highest BCUT2D eigenvalue weighted by Crippen LogP contribution is 2.16. The van der Waals surface area contributed by atoms with E-state index in [1.165, 1.54) is 141 Å². The van der Waals surface area contributed by atoms with Crippen molar-refractivity contribution in [2.45, 2.75) is 238 Å². The molecule has 0 aliphatic rings. The summed E-state index contributed by atoms with van der Waals surface area (Å²) in [5.74, 6) is -0.901. The Balaban J connectivity index is 3.85. The molecule has 3 N–H and O–H groups in total. The molecule has 0 saturated heterocycles. The van der Waals surface area contributed by atoms with Gasteiger partial charge < -0.3 is 10.4 Å². The van der Waals surface area contributed by atoms with Crippen LogP contribution in [0.1, 0.15) is 226 Å². The number of carbonyl (C=O) groups is 1.